The summed E-state index contributed by atoms with van der Waals surface area (Å²) in [7, 11) is 0. The lowest BCUT2D eigenvalue weighted by atomic mass is 9.47. The zero-order valence-corrected chi connectivity index (χ0v) is 15.3. The highest BCUT2D eigenvalue weighted by atomic mass is 16.8. The number of rotatable bonds is 1. The smallest absolute Gasteiger partial charge is 0.334 e. The number of carbonyl (C=O) groups excluding carboxylic acids is 1. The summed E-state index contributed by atoms with van der Waals surface area (Å²) in [4.78, 5) is 12.1. The van der Waals surface area contributed by atoms with E-state index in [9.17, 15) is 9.90 Å². The predicted molar refractivity (Wildman–Crippen MR) is 87.1 cm³/mol. The summed E-state index contributed by atoms with van der Waals surface area (Å²) in [5.41, 5.74) is 0.458. The van der Waals surface area contributed by atoms with Gasteiger partial charge in [0.15, 0.2) is 5.60 Å². The van der Waals surface area contributed by atoms with E-state index in [0.29, 0.717) is 6.61 Å². The van der Waals surface area contributed by atoms with Gasteiger partial charge in [0.2, 0.25) is 0 Å². The number of fused-ring (bicyclic) bond motifs is 3. The van der Waals surface area contributed by atoms with Crippen LogP contribution in [0.25, 0.3) is 0 Å². The molecule has 6 nitrogen and oxygen atoms in total. The van der Waals surface area contributed by atoms with Gasteiger partial charge < -0.3 is 24.1 Å². The van der Waals surface area contributed by atoms with Gasteiger partial charge in [-0.2, -0.15) is 0 Å². The lowest BCUT2D eigenvalue weighted by molar-refractivity contribution is -0.136. The van der Waals surface area contributed by atoms with Crippen molar-refractivity contribution in [3.63, 3.8) is 0 Å². The molecule has 0 aromatic carbocycles. The number of aliphatic hydroxyl groups excluding tert-OH is 1. The molecule has 0 amide bonds. The van der Waals surface area contributed by atoms with E-state index in [-0.39, 0.29) is 41.5 Å². The third-order valence-corrected chi connectivity index (χ3v) is 9.09. The van der Waals surface area contributed by atoms with E-state index >= 15 is 0 Å². The standard InChI is InChI=1S/C20H24O6/c1-8(2)18-13(21)14-20(25-14)17(3)5-4-9-10(7-23-15(9)22)11(17)6-12-19(20,24-12)16(18)26-18/h8,11-14,16,21H,4-7H2,1-3H3/t11-,12-,13-,14-,16+,17-,18+,19+,20+/m0/s1. The summed E-state index contributed by atoms with van der Waals surface area (Å²) < 4.78 is 24.4. The number of hydrogen-bond donors (Lipinski definition) is 1. The van der Waals surface area contributed by atoms with E-state index in [2.05, 4.69) is 20.8 Å². The molecule has 6 heteroatoms. The molecule has 7 rings (SSSR count). The maximum atomic E-state index is 12.1. The molecular formula is C20H24O6. The van der Waals surface area contributed by atoms with Gasteiger partial charge in [0.25, 0.3) is 0 Å². The Kier molecular flexibility index (Phi) is 2.19. The van der Waals surface area contributed by atoms with Crippen molar-refractivity contribution in [2.24, 2.45) is 17.3 Å². The molecule has 26 heavy (non-hydrogen) atoms. The topological polar surface area (TPSA) is 84.1 Å². The number of aliphatic hydroxyl groups is 1. The second-order valence-electron chi connectivity index (χ2n) is 9.91. The molecule has 4 heterocycles. The van der Waals surface area contributed by atoms with Crippen molar-refractivity contribution < 1.29 is 28.8 Å². The van der Waals surface area contributed by atoms with Gasteiger partial charge in [0.05, 0.1) is 6.10 Å². The number of esters is 1. The van der Waals surface area contributed by atoms with Crippen LogP contribution in [0.2, 0.25) is 0 Å². The molecule has 4 aliphatic heterocycles. The molecule has 0 unspecified atom stereocenters. The second kappa shape index (κ2) is 3.79. The van der Waals surface area contributed by atoms with Crippen molar-refractivity contribution in [1.29, 1.82) is 0 Å². The van der Waals surface area contributed by atoms with Crippen molar-refractivity contribution in [2.45, 2.75) is 81.3 Å². The number of cyclic esters (lactones) is 1. The first-order chi connectivity index (χ1) is 12.3. The predicted octanol–water partition coefficient (Wildman–Crippen LogP) is 1.10. The lowest BCUT2D eigenvalue weighted by Crippen LogP contribution is -2.67. The molecule has 0 aromatic rings. The highest BCUT2D eigenvalue weighted by Crippen LogP contribution is 2.83. The monoisotopic (exact) mass is 360 g/mol. The lowest BCUT2D eigenvalue weighted by Gasteiger charge is -2.52. The SMILES string of the molecule is CC(C)[C@]12O[C@H]1[C@]13O[C@H]1C[C@H]1C4=C(CC[C@]1(C)[C@@]31O[C@H]1[C@@H]2O)C(=O)OC4. The fraction of sp³-hybridized carbons (Fsp3) is 0.850. The van der Waals surface area contributed by atoms with E-state index in [1.165, 1.54) is 0 Å². The fourth-order valence-electron chi connectivity index (χ4n) is 7.71. The van der Waals surface area contributed by atoms with Gasteiger partial charge in [-0.05, 0) is 36.7 Å². The van der Waals surface area contributed by atoms with Crippen LogP contribution in [0.1, 0.15) is 40.0 Å². The number of ether oxygens (including phenoxy) is 4. The van der Waals surface area contributed by atoms with Gasteiger partial charge in [-0.3, -0.25) is 0 Å². The average Bonchev–Trinajstić information content (AvgIpc) is 3.47. The minimum absolute atomic E-state index is 0.0802. The van der Waals surface area contributed by atoms with Crippen molar-refractivity contribution >= 4 is 5.97 Å². The number of carbonyl (C=O) groups is 1. The Morgan fingerprint density at radius 2 is 2.04 bits per heavy atom. The van der Waals surface area contributed by atoms with Crippen molar-refractivity contribution in [3.05, 3.63) is 11.1 Å². The van der Waals surface area contributed by atoms with Gasteiger partial charge in [0.1, 0.15) is 36.1 Å². The molecule has 2 spiro atoms. The molecule has 0 bridgehead atoms. The van der Waals surface area contributed by atoms with Gasteiger partial charge in [-0.1, -0.05) is 20.8 Å². The Hall–Kier alpha value is -0.950. The number of epoxide rings is 3. The first-order valence-electron chi connectivity index (χ1n) is 9.95. The zero-order chi connectivity index (χ0) is 17.9. The van der Waals surface area contributed by atoms with Crippen LogP contribution >= 0.6 is 0 Å². The Morgan fingerprint density at radius 3 is 2.81 bits per heavy atom. The molecule has 140 valence electrons. The molecule has 3 aliphatic carbocycles. The quantitative estimate of drug-likeness (QED) is 0.557. The van der Waals surface area contributed by atoms with Crippen LogP contribution in [0.3, 0.4) is 0 Å². The van der Waals surface area contributed by atoms with Gasteiger partial charge in [0, 0.05) is 11.0 Å². The summed E-state index contributed by atoms with van der Waals surface area (Å²) in [6.07, 6.45) is 1.66. The maximum Gasteiger partial charge on any atom is 0.334 e. The minimum atomic E-state index is -0.615. The Labute approximate surface area is 151 Å². The fourth-order valence-corrected chi connectivity index (χ4v) is 7.71. The van der Waals surface area contributed by atoms with E-state index in [0.717, 1.165) is 30.4 Å². The van der Waals surface area contributed by atoms with Crippen molar-refractivity contribution in [2.75, 3.05) is 6.61 Å². The van der Waals surface area contributed by atoms with Crippen LogP contribution in [0, 0.1) is 17.3 Å². The molecule has 0 aromatic heterocycles. The van der Waals surface area contributed by atoms with Crippen LogP contribution in [-0.4, -0.2) is 58.9 Å². The summed E-state index contributed by atoms with van der Waals surface area (Å²) in [6.45, 7) is 6.91. The van der Waals surface area contributed by atoms with E-state index in [1.54, 1.807) is 0 Å². The Bertz CT molecular complexity index is 819. The van der Waals surface area contributed by atoms with Crippen molar-refractivity contribution in [1.82, 2.24) is 0 Å². The number of hydrogen-bond acceptors (Lipinski definition) is 6. The second-order valence-corrected chi connectivity index (χ2v) is 9.91. The molecular weight excluding hydrogens is 336 g/mol. The van der Waals surface area contributed by atoms with E-state index in [1.807, 2.05) is 0 Å². The van der Waals surface area contributed by atoms with Crippen LogP contribution < -0.4 is 0 Å². The van der Waals surface area contributed by atoms with Gasteiger partial charge in [-0.15, -0.1) is 0 Å². The van der Waals surface area contributed by atoms with Gasteiger partial charge in [-0.25, -0.2) is 4.79 Å². The molecule has 9 atom stereocenters. The van der Waals surface area contributed by atoms with Crippen LogP contribution in [0.15, 0.2) is 11.1 Å². The Morgan fingerprint density at radius 1 is 1.23 bits per heavy atom. The average molecular weight is 360 g/mol. The molecule has 5 fully saturated rings. The van der Waals surface area contributed by atoms with E-state index < -0.39 is 22.9 Å². The molecule has 0 radical (unpaired) electrons. The van der Waals surface area contributed by atoms with Crippen molar-refractivity contribution in [3.8, 4) is 0 Å². The summed E-state index contributed by atoms with van der Waals surface area (Å²) in [6, 6.07) is 0. The van der Waals surface area contributed by atoms with Crippen LogP contribution in [-0.2, 0) is 23.7 Å². The third-order valence-electron chi connectivity index (χ3n) is 9.09. The summed E-state index contributed by atoms with van der Waals surface area (Å²) in [5, 5.41) is 11.2. The summed E-state index contributed by atoms with van der Waals surface area (Å²) >= 11 is 0. The Balaban J connectivity index is 1.38. The highest BCUT2D eigenvalue weighted by molar-refractivity contribution is 5.92. The summed E-state index contributed by atoms with van der Waals surface area (Å²) in [5.74, 6) is 0.297. The zero-order valence-electron chi connectivity index (χ0n) is 15.3. The largest absolute Gasteiger partial charge is 0.458 e. The molecule has 1 N–H and O–H groups in total. The third kappa shape index (κ3) is 1.14. The first kappa shape index (κ1) is 15.0. The van der Waals surface area contributed by atoms with Crippen LogP contribution in [0.4, 0.5) is 0 Å². The minimum Gasteiger partial charge on any atom is -0.458 e. The van der Waals surface area contributed by atoms with Gasteiger partial charge >= 0.3 is 5.97 Å². The highest BCUT2D eigenvalue weighted by Gasteiger charge is 3.01. The molecule has 7 aliphatic rings. The maximum absolute atomic E-state index is 12.1. The molecule has 2 saturated carbocycles. The van der Waals surface area contributed by atoms with E-state index in [4.69, 9.17) is 18.9 Å². The normalized spacial score (nSPS) is 63.1. The first-order valence-corrected chi connectivity index (χ1v) is 9.95. The van der Waals surface area contributed by atoms with Crippen LogP contribution in [0.5, 0.6) is 0 Å². The molecule has 3 saturated heterocycles.